The molecule has 2 saturated heterocycles. The molecule has 2 fully saturated rings. The SMILES string of the molecule is N[C@@H]1C(=O)N2C(C(=O)O)=C(/C=C3\CCN(c4ccc(OC(=O)C(F)(F)F)c(F)c4)C3=O)CS[C@H]12. The Morgan fingerprint density at radius 2 is 1.97 bits per heavy atom. The highest BCUT2D eigenvalue weighted by atomic mass is 32.2. The monoisotopic (exact) mass is 501 g/mol. The number of thioether (sulfide) groups is 1. The van der Waals surface area contributed by atoms with Crippen LogP contribution in [0.3, 0.4) is 0 Å². The number of carboxylic acids is 1. The van der Waals surface area contributed by atoms with Gasteiger partial charge in [0.15, 0.2) is 11.6 Å². The Morgan fingerprint density at radius 1 is 1.26 bits per heavy atom. The Balaban J connectivity index is 1.56. The van der Waals surface area contributed by atoms with Gasteiger partial charge in [-0.05, 0) is 30.2 Å². The number of anilines is 1. The number of ether oxygens (including phenoxy) is 1. The van der Waals surface area contributed by atoms with E-state index in [2.05, 4.69) is 4.74 Å². The number of aliphatic carboxylic acids is 1. The predicted molar refractivity (Wildman–Crippen MR) is 109 cm³/mol. The minimum atomic E-state index is -5.30. The van der Waals surface area contributed by atoms with Crippen molar-refractivity contribution in [1.29, 1.82) is 0 Å². The number of allylic oxidation sites excluding steroid dienone is 1. The lowest BCUT2D eigenvalue weighted by molar-refractivity contribution is -0.189. The number of rotatable bonds is 4. The third-order valence-corrected chi connectivity index (χ3v) is 6.70. The molecule has 3 heterocycles. The molecule has 0 aromatic heterocycles. The highest BCUT2D eigenvalue weighted by molar-refractivity contribution is 8.00. The van der Waals surface area contributed by atoms with Crippen LogP contribution in [0.2, 0.25) is 0 Å². The molecular weight excluding hydrogens is 486 g/mol. The summed E-state index contributed by atoms with van der Waals surface area (Å²) in [6.07, 6.45) is -3.76. The first-order chi connectivity index (χ1) is 15.9. The van der Waals surface area contributed by atoms with Crippen LogP contribution in [0.1, 0.15) is 6.42 Å². The highest BCUT2D eigenvalue weighted by Gasteiger charge is 2.51. The molecule has 34 heavy (non-hydrogen) atoms. The average molecular weight is 501 g/mol. The lowest BCUT2D eigenvalue weighted by Crippen LogP contribution is -2.68. The second-order valence-corrected chi connectivity index (χ2v) is 8.60. The number of carbonyl (C=O) groups is 4. The molecule has 0 radical (unpaired) electrons. The van der Waals surface area contributed by atoms with E-state index in [0.29, 0.717) is 0 Å². The number of amides is 2. The zero-order valence-corrected chi connectivity index (χ0v) is 17.8. The van der Waals surface area contributed by atoms with Crippen LogP contribution in [0.4, 0.5) is 23.2 Å². The minimum Gasteiger partial charge on any atom is -0.477 e. The van der Waals surface area contributed by atoms with Crippen LogP contribution in [0.15, 0.2) is 41.1 Å². The van der Waals surface area contributed by atoms with Gasteiger partial charge in [0.05, 0.1) is 0 Å². The smallest absolute Gasteiger partial charge is 0.477 e. The number of nitrogens with two attached hydrogens (primary N) is 1. The van der Waals surface area contributed by atoms with E-state index >= 15 is 0 Å². The van der Waals surface area contributed by atoms with Gasteiger partial charge in [0, 0.05) is 29.6 Å². The van der Waals surface area contributed by atoms with Gasteiger partial charge in [0.25, 0.3) is 5.91 Å². The lowest BCUT2D eigenvalue weighted by Gasteiger charge is -2.47. The summed E-state index contributed by atoms with van der Waals surface area (Å²) in [6, 6.07) is 1.87. The van der Waals surface area contributed by atoms with Crippen molar-refractivity contribution in [3.63, 3.8) is 0 Å². The number of β-lactam (4-membered cyclic amide) rings is 1. The minimum absolute atomic E-state index is 0.00660. The molecule has 0 bridgehead atoms. The van der Waals surface area contributed by atoms with Crippen molar-refractivity contribution in [2.75, 3.05) is 17.2 Å². The summed E-state index contributed by atoms with van der Waals surface area (Å²) in [4.78, 5) is 49.8. The summed E-state index contributed by atoms with van der Waals surface area (Å²) >= 11 is 1.26. The van der Waals surface area contributed by atoms with E-state index in [1.54, 1.807) is 0 Å². The van der Waals surface area contributed by atoms with Crippen molar-refractivity contribution < 1.29 is 46.6 Å². The zero-order chi connectivity index (χ0) is 24.9. The van der Waals surface area contributed by atoms with Crippen LogP contribution in [0.25, 0.3) is 0 Å². The Kier molecular flexibility index (Phi) is 5.89. The van der Waals surface area contributed by atoms with Crippen molar-refractivity contribution in [2.45, 2.75) is 24.0 Å². The van der Waals surface area contributed by atoms with E-state index in [1.165, 1.54) is 17.8 Å². The molecule has 180 valence electrons. The molecule has 0 unspecified atom stereocenters. The maximum absolute atomic E-state index is 14.2. The molecule has 9 nitrogen and oxygen atoms in total. The largest absolute Gasteiger partial charge is 0.491 e. The van der Waals surface area contributed by atoms with Gasteiger partial charge in [-0.3, -0.25) is 14.5 Å². The first-order valence-electron chi connectivity index (χ1n) is 9.68. The molecule has 2 amide bonds. The van der Waals surface area contributed by atoms with Crippen LogP contribution in [-0.2, 0) is 19.2 Å². The first kappa shape index (κ1) is 23.8. The Hall–Kier alpha value is -3.39. The van der Waals surface area contributed by atoms with Gasteiger partial charge in [0.1, 0.15) is 17.1 Å². The fourth-order valence-corrected chi connectivity index (χ4v) is 5.01. The number of hydrogen-bond donors (Lipinski definition) is 2. The number of benzene rings is 1. The predicted octanol–water partition coefficient (Wildman–Crippen LogP) is 1.54. The third-order valence-electron chi connectivity index (χ3n) is 5.38. The fraction of sp³-hybridized carbons (Fsp3) is 0.300. The molecule has 1 aromatic carbocycles. The highest BCUT2D eigenvalue weighted by Crippen LogP contribution is 2.40. The molecule has 4 rings (SSSR count). The number of hydrogen-bond acceptors (Lipinski definition) is 7. The maximum Gasteiger partial charge on any atom is 0.491 e. The van der Waals surface area contributed by atoms with Gasteiger partial charge in [-0.25, -0.2) is 14.0 Å². The molecule has 0 saturated carbocycles. The van der Waals surface area contributed by atoms with Crippen molar-refractivity contribution in [3.05, 3.63) is 46.9 Å². The number of alkyl halides is 3. The lowest BCUT2D eigenvalue weighted by atomic mass is 10.0. The van der Waals surface area contributed by atoms with Crippen LogP contribution in [0.5, 0.6) is 5.75 Å². The van der Waals surface area contributed by atoms with Gasteiger partial charge < -0.3 is 20.5 Å². The van der Waals surface area contributed by atoms with E-state index < -0.39 is 52.9 Å². The van der Waals surface area contributed by atoms with Crippen LogP contribution in [0, 0.1) is 5.82 Å². The summed E-state index contributed by atoms with van der Waals surface area (Å²) in [5.74, 6) is -7.06. The van der Waals surface area contributed by atoms with Crippen LogP contribution >= 0.6 is 11.8 Å². The van der Waals surface area contributed by atoms with Gasteiger partial charge in [0.2, 0.25) is 5.91 Å². The molecule has 3 aliphatic rings. The number of carboxylic acid groups (broad SMARTS) is 1. The average Bonchev–Trinajstić information content (AvgIpc) is 3.13. The van der Waals surface area contributed by atoms with Gasteiger partial charge >= 0.3 is 18.1 Å². The van der Waals surface area contributed by atoms with E-state index in [9.17, 15) is 41.8 Å². The van der Waals surface area contributed by atoms with Crippen LogP contribution in [-0.4, -0.2) is 63.6 Å². The van der Waals surface area contributed by atoms with Gasteiger partial charge in [-0.15, -0.1) is 11.8 Å². The molecule has 0 spiro atoms. The van der Waals surface area contributed by atoms with Gasteiger partial charge in [-0.1, -0.05) is 0 Å². The number of carbonyl (C=O) groups excluding carboxylic acids is 3. The summed E-state index contributed by atoms with van der Waals surface area (Å²) < 4.78 is 55.2. The number of esters is 1. The molecule has 1 aromatic rings. The van der Waals surface area contributed by atoms with Crippen LogP contribution < -0.4 is 15.4 Å². The third kappa shape index (κ3) is 4.03. The summed E-state index contributed by atoms with van der Waals surface area (Å²) in [5, 5.41) is 9.10. The summed E-state index contributed by atoms with van der Waals surface area (Å²) in [7, 11) is 0. The number of nitrogens with zero attached hydrogens (tertiary/aromatic N) is 2. The molecule has 0 aliphatic carbocycles. The van der Waals surface area contributed by atoms with E-state index in [-0.39, 0.29) is 41.2 Å². The molecular formula is C20H15F4N3O6S. The van der Waals surface area contributed by atoms with Crippen molar-refractivity contribution >= 4 is 41.2 Å². The van der Waals surface area contributed by atoms with E-state index in [4.69, 9.17) is 5.73 Å². The second kappa shape index (κ2) is 8.43. The van der Waals surface area contributed by atoms with Gasteiger partial charge in [-0.2, -0.15) is 13.2 Å². The second-order valence-electron chi connectivity index (χ2n) is 7.49. The number of fused-ring (bicyclic) bond motifs is 1. The summed E-state index contributed by atoms with van der Waals surface area (Å²) in [6.45, 7) is 0.0881. The molecule has 2 atom stereocenters. The standard InChI is InChI=1S/C20H15F4N3O6S/c21-11-6-10(1-2-12(11)33-19(32)20(22,23)24)26-4-3-8(15(26)28)5-9-7-34-17-13(25)16(29)27(17)14(9)18(30)31/h1-2,5-6,13,17H,3-4,7,25H2,(H,30,31)/b8-5+/t13-,17-/m1/s1. The Morgan fingerprint density at radius 3 is 2.59 bits per heavy atom. The maximum atomic E-state index is 14.2. The quantitative estimate of drug-likeness (QED) is 0.209. The van der Waals surface area contributed by atoms with Crippen molar-refractivity contribution in [3.8, 4) is 5.75 Å². The molecule has 14 heteroatoms. The van der Waals surface area contributed by atoms with E-state index in [0.717, 1.165) is 28.0 Å². The first-order valence-corrected chi connectivity index (χ1v) is 10.7. The zero-order valence-electron chi connectivity index (χ0n) is 17.0. The normalized spacial score (nSPS) is 23.9. The van der Waals surface area contributed by atoms with E-state index in [1.807, 2.05) is 0 Å². The molecule has 3 aliphatic heterocycles. The van der Waals surface area contributed by atoms with Crippen molar-refractivity contribution in [1.82, 2.24) is 4.90 Å². The fourth-order valence-electron chi connectivity index (χ4n) is 3.75. The Labute approximate surface area is 192 Å². The Bertz CT molecular complexity index is 1180. The summed E-state index contributed by atoms with van der Waals surface area (Å²) in [5.41, 5.74) is 5.91. The van der Waals surface area contributed by atoms with Crippen molar-refractivity contribution in [2.24, 2.45) is 5.73 Å². The topological polar surface area (TPSA) is 130 Å². The number of halogens is 4. The molecule has 3 N–H and O–H groups in total.